The molecule has 1 atom stereocenters. The van der Waals surface area contributed by atoms with Crippen LogP contribution in [-0.2, 0) is 15.7 Å². The minimum atomic E-state index is -4.53. The van der Waals surface area contributed by atoms with Crippen molar-refractivity contribution < 1.29 is 22.7 Å². The number of halogens is 3. The van der Waals surface area contributed by atoms with Gasteiger partial charge in [0, 0.05) is 13.1 Å². The summed E-state index contributed by atoms with van der Waals surface area (Å²) in [5.74, 6) is -0.635. The van der Waals surface area contributed by atoms with Gasteiger partial charge in [0.2, 0.25) is 0 Å². The Hall–Kier alpha value is -1.96. The lowest BCUT2D eigenvalue weighted by molar-refractivity contribution is -0.143. The van der Waals surface area contributed by atoms with Crippen molar-refractivity contribution in [3.05, 3.63) is 46.7 Å². The zero-order valence-corrected chi connectivity index (χ0v) is 17.4. The Balaban J connectivity index is 2.63. The van der Waals surface area contributed by atoms with Crippen molar-refractivity contribution in [2.75, 3.05) is 13.1 Å². The molecule has 0 aromatic heterocycles. The Morgan fingerprint density at radius 1 is 1.25 bits per heavy atom. The van der Waals surface area contributed by atoms with Crippen LogP contribution in [0.3, 0.4) is 0 Å². The molecule has 4 nitrogen and oxygen atoms in total. The monoisotopic (exact) mass is 414 g/mol. The fraction of sp³-hybridized carbons (Fsp3) is 0.500. The van der Waals surface area contributed by atoms with Crippen LogP contribution >= 0.6 is 11.8 Å². The molecule has 0 radical (unpaired) electrons. The number of hydrogen-bond acceptors (Lipinski definition) is 5. The summed E-state index contributed by atoms with van der Waals surface area (Å²) in [7, 11) is 0. The number of thioether (sulfide) groups is 1. The van der Waals surface area contributed by atoms with Gasteiger partial charge in [-0.3, -0.25) is 0 Å². The van der Waals surface area contributed by atoms with Crippen LogP contribution in [-0.4, -0.2) is 35.2 Å². The van der Waals surface area contributed by atoms with E-state index in [9.17, 15) is 18.0 Å². The van der Waals surface area contributed by atoms with Gasteiger partial charge in [-0.25, -0.2) is 9.79 Å². The van der Waals surface area contributed by atoms with Crippen molar-refractivity contribution in [1.29, 1.82) is 0 Å². The lowest BCUT2D eigenvalue weighted by Gasteiger charge is -2.32. The molecule has 1 aromatic rings. The van der Waals surface area contributed by atoms with Crippen LogP contribution < -0.4 is 0 Å². The molecule has 1 aliphatic rings. The average Bonchev–Trinajstić information content (AvgIpc) is 2.60. The van der Waals surface area contributed by atoms with E-state index in [0.717, 1.165) is 17.8 Å². The SMILES string of the molecule is CCN(CC)C1=NC(C)=C(C(=O)OC(C)C)[C@@H](c2ccccc2C(F)(F)F)S1. The molecular weight excluding hydrogens is 389 g/mol. The first kappa shape index (κ1) is 22.3. The van der Waals surface area contributed by atoms with Crippen molar-refractivity contribution in [2.45, 2.75) is 52.1 Å². The number of benzene rings is 1. The van der Waals surface area contributed by atoms with E-state index in [4.69, 9.17) is 4.74 Å². The predicted octanol–water partition coefficient (Wildman–Crippen LogP) is 5.42. The molecule has 0 N–H and O–H groups in total. The van der Waals surface area contributed by atoms with E-state index in [1.54, 1.807) is 26.8 Å². The summed E-state index contributed by atoms with van der Waals surface area (Å²) >= 11 is 1.16. The summed E-state index contributed by atoms with van der Waals surface area (Å²) in [5, 5.41) is -0.247. The third-order valence-corrected chi connectivity index (χ3v) is 5.57. The van der Waals surface area contributed by atoms with E-state index in [0.29, 0.717) is 24.0 Å². The number of rotatable bonds is 5. The smallest absolute Gasteiger partial charge is 0.416 e. The molecule has 0 fully saturated rings. The highest BCUT2D eigenvalue weighted by Gasteiger charge is 2.40. The van der Waals surface area contributed by atoms with Crippen molar-refractivity contribution in [2.24, 2.45) is 4.99 Å². The van der Waals surface area contributed by atoms with Gasteiger partial charge in [-0.1, -0.05) is 30.0 Å². The second kappa shape index (κ2) is 9.03. The fourth-order valence-electron chi connectivity index (χ4n) is 2.96. The van der Waals surface area contributed by atoms with Crippen LogP contribution in [0, 0.1) is 0 Å². The lowest BCUT2D eigenvalue weighted by Crippen LogP contribution is -2.32. The molecule has 0 saturated heterocycles. The summed E-state index contributed by atoms with van der Waals surface area (Å²) in [6.45, 7) is 10.3. The van der Waals surface area contributed by atoms with Crippen LogP contribution in [0.1, 0.15) is 51.0 Å². The van der Waals surface area contributed by atoms with Crippen LogP contribution in [0.25, 0.3) is 0 Å². The van der Waals surface area contributed by atoms with Crippen molar-refractivity contribution in [1.82, 2.24) is 4.90 Å². The van der Waals surface area contributed by atoms with E-state index >= 15 is 0 Å². The first-order chi connectivity index (χ1) is 13.1. The first-order valence-electron chi connectivity index (χ1n) is 9.18. The standard InChI is InChI=1S/C20H25F3N2O2S/c1-6-25(7-2)19-24-13(5)16(18(26)27-12(3)4)17(28-19)14-10-8-9-11-15(14)20(21,22)23/h8-12,17H,6-7H2,1-5H3/t17-/m1/s1. The van der Waals surface area contributed by atoms with Gasteiger partial charge in [-0.15, -0.1) is 0 Å². The number of carbonyl (C=O) groups excluding carboxylic acids is 1. The molecule has 8 heteroatoms. The number of amidine groups is 1. The van der Waals surface area contributed by atoms with E-state index in [2.05, 4.69) is 4.99 Å². The third-order valence-electron chi connectivity index (χ3n) is 4.28. The molecule has 0 bridgehead atoms. The van der Waals surface area contributed by atoms with Crippen LogP contribution in [0.4, 0.5) is 13.2 Å². The molecule has 1 aliphatic heterocycles. The average molecular weight is 414 g/mol. The normalized spacial score (nSPS) is 17.6. The Morgan fingerprint density at radius 3 is 2.39 bits per heavy atom. The van der Waals surface area contributed by atoms with Gasteiger partial charge in [0.05, 0.1) is 28.2 Å². The summed E-state index contributed by atoms with van der Waals surface area (Å²) in [4.78, 5) is 19.2. The quantitative estimate of drug-likeness (QED) is 0.604. The van der Waals surface area contributed by atoms with E-state index in [-0.39, 0.29) is 17.2 Å². The summed E-state index contributed by atoms with van der Waals surface area (Å²) in [6.07, 6.45) is -4.91. The molecule has 28 heavy (non-hydrogen) atoms. The lowest BCUT2D eigenvalue weighted by atomic mass is 9.97. The maximum atomic E-state index is 13.6. The zero-order valence-electron chi connectivity index (χ0n) is 16.6. The van der Waals surface area contributed by atoms with Crippen LogP contribution in [0.5, 0.6) is 0 Å². The van der Waals surface area contributed by atoms with Gasteiger partial charge in [0.25, 0.3) is 0 Å². The molecule has 1 aromatic carbocycles. The summed E-state index contributed by atoms with van der Waals surface area (Å²) in [5.41, 5.74) is -0.176. The largest absolute Gasteiger partial charge is 0.460 e. The molecule has 2 rings (SSSR count). The molecule has 0 amide bonds. The zero-order chi connectivity index (χ0) is 21.1. The predicted molar refractivity (Wildman–Crippen MR) is 106 cm³/mol. The van der Waals surface area contributed by atoms with Gasteiger partial charge in [-0.05, 0) is 46.2 Å². The number of carbonyl (C=O) groups is 1. The highest BCUT2D eigenvalue weighted by atomic mass is 32.2. The van der Waals surface area contributed by atoms with E-state index in [1.165, 1.54) is 12.1 Å². The second-order valence-electron chi connectivity index (χ2n) is 6.60. The maximum absolute atomic E-state index is 13.6. The van der Waals surface area contributed by atoms with Gasteiger partial charge in [-0.2, -0.15) is 13.2 Å². The van der Waals surface area contributed by atoms with Crippen molar-refractivity contribution in [3.8, 4) is 0 Å². The topological polar surface area (TPSA) is 41.9 Å². The second-order valence-corrected chi connectivity index (χ2v) is 7.67. The Kier molecular flexibility index (Phi) is 7.20. The van der Waals surface area contributed by atoms with Gasteiger partial charge in [0.1, 0.15) is 0 Å². The number of hydrogen-bond donors (Lipinski definition) is 0. The van der Waals surface area contributed by atoms with Gasteiger partial charge >= 0.3 is 12.1 Å². The molecule has 0 spiro atoms. The first-order valence-corrected chi connectivity index (χ1v) is 10.1. The van der Waals surface area contributed by atoms with Gasteiger partial charge < -0.3 is 9.64 Å². The number of ether oxygens (including phenoxy) is 1. The number of alkyl halides is 3. The van der Waals surface area contributed by atoms with Crippen LogP contribution in [0.15, 0.2) is 40.5 Å². The highest BCUT2D eigenvalue weighted by Crippen LogP contribution is 2.47. The van der Waals surface area contributed by atoms with Crippen molar-refractivity contribution >= 4 is 22.9 Å². The minimum Gasteiger partial charge on any atom is -0.460 e. The third kappa shape index (κ3) is 4.90. The number of allylic oxidation sites excluding steroid dienone is 1. The van der Waals surface area contributed by atoms with Gasteiger partial charge in [0.15, 0.2) is 5.17 Å². The molecule has 0 saturated carbocycles. The summed E-state index contributed by atoms with van der Waals surface area (Å²) < 4.78 is 46.2. The number of aliphatic imine (C=N–C) groups is 1. The number of nitrogens with zero attached hydrogens (tertiary/aromatic N) is 2. The molecular formula is C20H25F3N2O2S. The minimum absolute atomic E-state index is 0.0367. The Labute approximate surface area is 167 Å². The Morgan fingerprint density at radius 2 is 1.86 bits per heavy atom. The Bertz CT molecular complexity index is 784. The highest BCUT2D eigenvalue weighted by molar-refractivity contribution is 8.14. The maximum Gasteiger partial charge on any atom is 0.416 e. The number of esters is 1. The van der Waals surface area contributed by atoms with Crippen molar-refractivity contribution in [3.63, 3.8) is 0 Å². The molecule has 154 valence electrons. The van der Waals surface area contributed by atoms with E-state index in [1.807, 2.05) is 18.7 Å². The summed E-state index contributed by atoms with van der Waals surface area (Å²) in [6, 6.07) is 5.36. The fourth-order valence-corrected chi connectivity index (χ4v) is 4.48. The molecule has 0 unspecified atom stereocenters. The van der Waals surface area contributed by atoms with Crippen LogP contribution in [0.2, 0.25) is 0 Å². The van der Waals surface area contributed by atoms with E-state index < -0.39 is 23.0 Å². The molecule has 1 heterocycles. The molecule has 0 aliphatic carbocycles.